The summed E-state index contributed by atoms with van der Waals surface area (Å²) in [7, 11) is 0. The van der Waals surface area contributed by atoms with Crippen LogP contribution in [0.25, 0.3) is 0 Å². The molecule has 106 valence electrons. The highest BCUT2D eigenvalue weighted by Gasteiger charge is 2.03. The summed E-state index contributed by atoms with van der Waals surface area (Å²) in [6, 6.07) is 10.3. The van der Waals surface area contributed by atoms with Gasteiger partial charge in [0.15, 0.2) is 0 Å². The largest absolute Gasteiger partial charge is 0.370 e. The Bertz CT molecular complexity index is 568. The Hall–Kier alpha value is -2.30. The molecule has 4 N–H and O–H groups in total. The SMILES string of the molecule is CCNc1cc(NCc2ccccc2CC)nc(N)n1. The highest BCUT2D eigenvalue weighted by Crippen LogP contribution is 2.15. The molecule has 1 aromatic heterocycles. The number of nitrogens with zero attached hydrogens (tertiary/aromatic N) is 2. The topological polar surface area (TPSA) is 75.9 Å². The summed E-state index contributed by atoms with van der Waals surface area (Å²) in [5.74, 6) is 1.75. The summed E-state index contributed by atoms with van der Waals surface area (Å²) in [4.78, 5) is 8.33. The zero-order chi connectivity index (χ0) is 14.4. The van der Waals surface area contributed by atoms with Gasteiger partial charge in [0.05, 0.1) is 0 Å². The quantitative estimate of drug-likeness (QED) is 0.753. The van der Waals surface area contributed by atoms with Crippen LogP contribution in [0.1, 0.15) is 25.0 Å². The zero-order valence-corrected chi connectivity index (χ0v) is 12.0. The number of nitrogens with one attached hydrogen (secondary N) is 2. The van der Waals surface area contributed by atoms with Gasteiger partial charge in [0.25, 0.3) is 0 Å². The second-order valence-corrected chi connectivity index (χ2v) is 4.50. The molecule has 2 rings (SSSR count). The standard InChI is InChI=1S/C15H21N5/c1-3-11-7-5-6-8-12(11)10-18-14-9-13(17-4-2)19-15(16)20-14/h5-9H,3-4,10H2,1-2H3,(H4,16,17,18,19,20). The van der Waals surface area contributed by atoms with Gasteiger partial charge in [0.2, 0.25) is 5.95 Å². The molecule has 1 heterocycles. The molecule has 5 nitrogen and oxygen atoms in total. The normalized spacial score (nSPS) is 10.3. The number of aryl methyl sites for hydroxylation is 1. The van der Waals surface area contributed by atoms with Crippen molar-refractivity contribution in [1.29, 1.82) is 0 Å². The van der Waals surface area contributed by atoms with E-state index in [0.717, 1.165) is 31.1 Å². The first-order valence-corrected chi connectivity index (χ1v) is 6.92. The molecule has 0 fully saturated rings. The summed E-state index contributed by atoms with van der Waals surface area (Å²) in [6.07, 6.45) is 1.02. The van der Waals surface area contributed by atoms with Gasteiger partial charge in [0.1, 0.15) is 11.6 Å². The van der Waals surface area contributed by atoms with E-state index in [4.69, 9.17) is 5.73 Å². The fourth-order valence-corrected chi connectivity index (χ4v) is 2.09. The van der Waals surface area contributed by atoms with E-state index >= 15 is 0 Å². The van der Waals surface area contributed by atoms with Crippen LogP contribution >= 0.6 is 0 Å². The molecule has 0 aliphatic heterocycles. The molecule has 0 saturated carbocycles. The van der Waals surface area contributed by atoms with Crippen LogP contribution in [-0.2, 0) is 13.0 Å². The first-order chi connectivity index (χ1) is 9.72. The number of aromatic nitrogens is 2. The predicted molar refractivity (Wildman–Crippen MR) is 83.8 cm³/mol. The van der Waals surface area contributed by atoms with Crippen molar-refractivity contribution in [3.05, 3.63) is 41.5 Å². The molecule has 0 radical (unpaired) electrons. The minimum Gasteiger partial charge on any atom is -0.370 e. The van der Waals surface area contributed by atoms with Gasteiger partial charge >= 0.3 is 0 Å². The summed E-state index contributed by atoms with van der Waals surface area (Å²) < 4.78 is 0. The van der Waals surface area contributed by atoms with E-state index in [0.29, 0.717) is 0 Å². The molecule has 2 aromatic rings. The Kier molecular flexibility index (Phi) is 4.76. The van der Waals surface area contributed by atoms with Gasteiger partial charge in [-0.05, 0) is 24.5 Å². The smallest absolute Gasteiger partial charge is 0.223 e. The first-order valence-electron chi connectivity index (χ1n) is 6.92. The molecule has 0 aliphatic carbocycles. The average molecular weight is 271 g/mol. The first kappa shape index (κ1) is 14.1. The maximum Gasteiger partial charge on any atom is 0.223 e. The van der Waals surface area contributed by atoms with Crippen molar-refractivity contribution in [3.8, 4) is 0 Å². The summed E-state index contributed by atoms with van der Waals surface area (Å²) in [5, 5.41) is 6.44. The Balaban J connectivity index is 2.10. The Morgan fingerprint density at radius 2 is 1.65 bits per heavy atom. The molecule has 0 amide bonds. The lowest BCUT2D eigenvalue weighted by molar-refractivity contribution is 1.03. The van der Waals surface area contributed by atoms with Gasteiger partial charge in [-0.3, -0.25) is 0 Å². The second-order valence-electron chi connectivity index (χ2n) is 4.50. The van der Waals surface area contributed by atoms with Gasteiger partial charge < -0.3 is 16.4 Å². The van der Waals surface area contributed by atoms with Crippen LogP contribution in [0, 0.1) is 0 Å². The van der Waals surface area contributed by atoms with Gasteiger partial charge in [-0.15, -0.1) is 0 Å². The Labute approximate surface area is 119 Å². The fourth-order valence-electron chi connectivity index (χ4n) is 2.09. The number of nitrogen functional groups attached to an aromatic ring is 1. The van der Waals surface area contributed by atoms with E-state index in [-0.39, 0.29) is 5.95 Å². The van der Waals surface area contributed by atoms with Crippen molar-refractivity contribution in [2.45, 2.75) is 26.8 Å². The van der Waals surface area contributed by atoms with Crippen molar-refractivity contribution in [1.82, 2.24) is 9.97 Å². The van der Waals surface area contributed by atoms with Crippen molar-refractivity contribution in [2.75, 3.05) is 22.9 Å². The van der Waals surface area contributed by atoms with Gasteiger partial charge in [-0.25, -0.2) is 0 Å². The second kappa shape index (κ2) is 6.75. The van der Waals surface area contributed by atoms with Crippen molar-refractivity contribution in [3.63, 3.8) is 0 Å². The lowest BCUT2D eigenvalue weighted by Crippen LogP contribution is -2.08. The maximum absolute atomic E-state index is 5.71. The minimum atomic E-state index is 0.273. The molecule has 0 bridgehead atoms. The van der Waals surface area contributed by atoms with Crippen molar-refractivity contribution < 1.29 is 0 Å². The molecule has 0 atom stereocenters. The summed E-state index contributed by atoms with van der Waals surface area (Å²) >= 11 is 0. The summed E-state index contributed by atoms with van der Waals surface area (Å²) in [5.41, 5.74) is 8.33. The van der Waals surface area contributed by atoms with Crippen molar-refractivity contribution >= 4 is 17.6 Å². The van der Waals surface area contributed by atoms with E-state index in [1.165, 1.54) is 11.1 Å². The number of anilines is 3. The monoisotopic (exact) mass is 271 g/mol. The van der Waals surface area contributed by atoms with E-state index in [2.05, 4.69) is 51.8 Å². The molecule has 5 heteroatoms. The van der Waals surface area contributed by atoms with Crippen LogP contribution < -0.4 is 16.4 Å². The van der Waals surface area contributed by atoms with Gasteiger partial charge in [-0.2, -0.15) is 9.97 Å². The molecule has 0 aliphatic rings. The number of hydrogen-bond acceptors (Lipinski definition) is 5. The summed E-state index contributed by atoms with van der Waals surface area (Å²) in [6.45, 7) is 5.70. The average Bonchev–Trinajstić information content (AvgIpc) is 2.45. The zero-order valence-electron chi connectivity index (χ0n) is 12.0. The van der Waals surface area contributed by atoms with Gasteiger partial charge in [0, 0.05) is 19.2 Å². The molecule has 0 saturated heterocycles. The lowest BCUT2D eigenvalue weighted by atomic mass is 10.1. The maximum atomic E-state index is 5.71. The molecular formula is C15H21N5. The minimum absolute atomic E-state index is 0.273. The molecule has 1 aromatic carbocycles. The van der Waals surface area contributed by atoms with E-state index in [1.54, 1.807) is 0 Å². The third-order valence-electron chi connectivity index (χ3n) is 3.06. The third kappa shape index (κ3) is 3.60. The van der Waals surface area contributed by atoms with Crippen LogP contribution in [0.3, 0.4) is 0 Å². The number of hydrogen-bond donors (Lipinski definition) is 3. The van der Waals surface area contributed by atoms with Crippen LogP contribution in [0.5, 0.6) is 0 Å². The van der Waals surface area contributed by atoms with Crippen LogP contribution in [0.4, 0.5) is 17.6 Å². The highest BCUT2D eigenvalue weighted by atomic mass is 15.1. The fraction of sp³-hybridized carbons (Fsp3) is 0.333. The van der Waals surface area contributed by atoms with E-state index in [9.17, 15) is 0 Å². The van der Waals surface area contributed by atoms with Crippen LogP contribution in [0.2, 0.25) is 0 Å². The van der Waals surface area contributed by atoms with Crippen LogP contribution in [0.15, 0.2) is 30.3 Å². The Morgan fingerprint density at radius 3 is 2.30 bits per heavy atom. The number of rotatable bonds is 6. The van der Waals surface area contributed by atoms with E-state index < -0.39 is 0 Å². The molecular weight excluding hydrogens is 250 g/mol. The third-order valence-corrected chi connectivity index (χ3v) is 3.06. The molecule has 20 heavy (non-hydrogen) atoms. The number of nitrogens with two attached hydrogens (primary N) is 1. The van der Waals surface area contributed by atoms with Crippen molar-refractivity contribution in [2.24, 2.45) is 0 Å². The van der Waals surface area contributed by atoms with Crippen LogP contribution in [-0.4, -0.2) is 16.5 Å². The Morgan fingerprint density at radius 1 is 1.00 bits per heavy atom. The molecule has 0 unspecified atom stereocenters. The predicted octanol–water partition coefficient (Wildman–Crippen LogP) is 2.67. The lowest BCUT2D eigenvalue weighted by Gasteiger charge is -2.11. The van der Waals surface area contributed by atoms with E-state index in [1.807, 2.05) is 13.0 Å². The number of benzene rings is 1. The highest BCUT2D eigenvalue weighted by molar-refractivity contribution is 5.51. The molecule has 0 spiro atoms. The van der Waals surface area contributed by atoms with Gasteiger partial charge in [-0.1, -0.05) is 31.2 Å².